The van der Waals surface area contributed by atoms with E-state index in [1.54, 1.807) is 16.8 Å². The number of hydrogen-bond acceptors (Lipinski definition) is 3. The number of hydrogen-bond donors (Lipinski definition) is 1. The van der Waals surface area contributed by atoms with Crippen molar-refractivity contribution >= 4 is 33.1 Å². The summed E-state index contributed by atoms with van der Waals surface area (Å²) >= 11 is 1.59. The van der Waals surface area contributed by atoms with Crippen molar-refractivity contribution < 1.29 is 4.79 Å². The molecule has 2 aromatic heterocycles. The number of fused-ring (bicyclic) bond motifs is 1. The van der Waals surface area contributed by atoms with Crippen LogP contribution in [0.1, 0.15) is 16.1 Å². The van der Waals surface area contributed by atoms with Gasteiger partial charge in [0.2, 0.25) is 0 Å². The number of carbonyl (C=O) groups is 1. The number of nitrogens with zero attached hydrogens (tertiary/aromatic N) is 2. The van der Waals surface area contributed by atoms with Crippen LogP contribution in [0.15, 0.2) is 36.0 Å². The molecule has 1 amide bonds. The Morgan fingerprint density at radius 3 is 2.95 bits per heavy atom. The molecule has 4 nitrogen and oxygen atoms in total. The Kier molecular flexibility index (Phi) is 2.83. The summed E-state index contributed by atoms with van der Waals surface area (Å²) in [5, 5.41) is 2.91. The van der Waals surface area contributed by atoms with Crippen LogP contribution in [-0.4, -0.2) is 15.5 Å². The summed E-state index contributed by atoms with van der Waals surface area (Å²) in [7, 11) is 1.92. The average Bonchev–Trinajstić information content (AvgIpc) is 2.97. The van der Waals surface area contributed by atoms with Gasteiger partial charge in [0.1, 0.15) is 0 Å². The van der Waals surface area contributed by atoms with Gasteiger partial charge in [-0.2, -0.15) is 0 Å². The van der Waals surface area contributed by atoms with Crippen LogP contribution in [0.5, 0.6) is 0 Å². The monoisotopic (exact) mass is 271 g/mol. The molecule has 0 bridgehead atoms. The first-order valence-electron chi connectivity index (χ1n) is 5.91. The number of thiazole rings is 1. The Morgan fingerprint density at radius 1 is 1.37 bits per heavy atom. The lowest BCUT2D eigenvalue weighted by atomic mass is 10.2. The van der Waals surface area contributed by atoms with E-state index in [4.69, 9.17) is 0 Å². The van der Waals surface area contributed by atoms with E-state index in [2.05, 4.69) is 10.3 Å². The van der Waals surface area contributed by atoms with Crippen molar-refractivity contribution in [1.29, 1.82) is 0 Å². The highest BCUT2D eigenvalue weighted by atomic mass is 32.1. The van der Waals surface area contributed by atoms with Crippen LogP contribution >= 0.6 is 11.3 Å². The van der Waals surface area contributed by atoms with Crippen LogP contribution in [0.4, 0.5) is 5.69 Å². The zero-order chi connectivity index (χ0) is 13.4. The number of aromatic nitrogens is 2. The van der Waals surface area contributed by atoms with Crippen molar-refractivity contribution in [3.05, 3.63) is 47.2 Å². The van der Waals surface area contributed by atoms with E-state index in [1.165, 1.54) is 0 Å². The zero-order valence-corrected chi connectivity index (χ0v) is 11.5. The third kappa shape index (κ3) is 2.13. The summed E-state index contributed by atoms with van der Waals surface area (Å²) in [6.07, 6.45) is 1.88. The number of amides is 1. The van der Waals surface area contributed by atoms with Gasteiger partial charge < -0.3 is 9.88 Å². The lowest BCUT2D eigenvalue weighted by Crippen LogP contribution is -2.12. The first kappa shape index (κ1) is 11.9. The summed E-state index contributed by atoms with van der Waals surface area (Å²) < 4.78 is 3.05. The number of anilines is 1. The largest absolute Gasteiger partial charge is 0.354 e. The lowest BCUT2D eigenvalue weighted by Gasteiger charge is -2.05. The summed E-state index contributed by atoms with van der Waals surface area (Å²) in [5.74, 6) is -0.0901. The fraction of sp³-hybridized carbons (Fsp3) is 0.143. The van der Waals surface area contributed by atoms with Crippen LogP contribution in [-0.2, 0) is 7.05 Å². The molecule has 5 heteroatoms. The summed E-state index contributed by atoms with van der Waals surface area (Å²) in [4.78, 5) is 16.4. The van der Waals surface area contributed by atoms with Crippen molar-refractivity contribution in [3.63, 3.8) is 0 Å². The fourth-order valence-electron chi connectivity index (χ4n) is 1.98. The van der Waals surface area contributed by atoms with Gasteiger partial charge in [-0.25, -0.2) is 4.98 Å². The molecule has 0 unspecified atom stereocenters. The Bertz CT molecular complexity index is 757. The van der Waals surface area contributed by atoms with Gasteiger partial charge in [0.05, 0.1) is 21.3 Å². The number of rotatable bonds is 2. The van der Waals surface area contributed by atoms with E-state index < -0.39 is 0 Å². The summed E-state index contributed by atoms with van der Waals surface area (Å²) in [5.41, 5.74) is 5.13. The van der Waals surface area contributed by atoms with Crippen molar-refractivity contribution in [3.8, 4) is 0 Å². The van der Waals surface area contributed by atoms with Crippen LogP contribution in [0.2, 0.25) is 0 Å². The maximum absolute atomic E-state index is 12.2. The highest BCUT2D eigenvalue weighted by Gasteiger charge is 2.12. The quantitative estimate of drug-likeness (QED) is 0.778. The molecule has 0 aliphatic heterocycles. The maximum Gasteiger partial charge on any atom is 0.257 e. The number of benzene rings is 1. The standard InChI is InChI=1S/C14H13N3OS/c1-9-11(5-6-17(9)2)14(18)16-10-3-4-13-12(7-10)15-8-19-13/h3-8H,1-2H3,(H,16,18). The van der Waals surface area contributed by atoms with Crippen LogP contribution < -0.4 is 5.32 Å². The van der Waals surface area contributed by atoms with Gasteiger partial charge in [-0.3, -0.25) is 4.79 Å². The van der Waals surface area contributed by atoms with Gasteiger partial charge in [-0.15, -0.1) is 11.3 Å². The first-order chi connectivity index (χ1) is 9.15. The highest BCUT2D eigenvalue weighted by molar-refractivity contribution is 7.16. The van der Waals surface area contributed by atoms with E-state index in [9.17, 15) is 4.79 Å². The predicted octanol–water partition coefficient (Wildman–Crippen LogP) is 3.20. The van der Waals surface area contributed by atoms with Crippen molar-refractivity contribution in [2.45, 2.75) is 6.92 Å². The Hall–Kier alpha value is -2.14. The average molecular weight is 271 g/mol. The molecule has 1 aromatic carbocycles. The van der Waals surface area contributed by atoms with Crippen LogP contribution in [0, 0.1) is 6.92 Å². The normalized spacial score (nSPS) is 10.8. The SMILES string of the molecule is Cc1c(C(=O)Nc2ccc3scnc3c2)ccn1C. The second-order valence-electron chi connectivity index (χ2n) is 4.41. The molecule has 0 radical (unpaired) electrons. The van der Waals surface area contributed by atoms with E-state index in [1.807, 2.05) is 49.0 Å². The number of nitrogens with one attached hydrogen (secondary N) is 1. The molecule has 1 N–H and O–H groups in total. The summed E-state index contributed by atoms with van der Waals surface area (Å²) in [6.45, 7) is 1.93. The molecule has 96 valence electrons. The van der Waals surface area contributed by atoms with E-state index in [0.717, 1.165) is 21.6 Å². The van der Waals surface area contributed by atoms with E-state index in [0.29, 0.717) is 5.56 Å². The second kappa shape index (κ2) is 4.51. The second-order valence-corrected chi connectivity index (χ2v) is 5.30. The minimum Gasteiger partial charge on any atom is -0.354 e. The molecule has 3 aromatic rings. The highest BCUT2D eigenvalue weighted by Crippen LogP contribution is 2.22. The maximum atomic E-state index is 12.2. The van der Waals surface area contributed by atoms with Crippen LogP contribution in [0.3, 0.4) is 0 Å². The molecule has 0 saturated heterocycles. The molecule has 3 rings (SSSR count). The Labute approximate surface area is 114 Å². The van der Waals surface area contributed by atoms with Crippen molar-refractivity contribution in [2.75, 3.05) is 5.32 Å². The third-order valence-corrected chi connectivity index (χ3v) is 4.03. The van der Waals surface area contributed by atoms with Crippen molar-refractivity contribution in [1.82, 2.24) is 9.55 Å². The fourth-order valence-corrected chi connectivity index (χ4v) is 2.64. The molecular weight excluding hydrogens is 258 g/mol. The zero-order valence-electron chi connectivity index (χ0n) is 10.7. The Morgan fingerprint density at radius 2 is 2.21 bits per heavy atom. The molecule has 0 saturated carbocycles. The Balaban J connectivity index is 1.88. The third-order valence-electron chi connectivity index (χ3n) is 3.22. The molecule has 0 aliphatic carbocycles. The molecule has 2 heterocycles. The van der Waals surface area contributed by atoms with Gasteiger partial charge in [-0.1, -0.05) is 0 Å². The van der Waals surface area contributed by atoms with Gasteiger partial charge in [0, 0.05) is 24.6 Å². The molecule has 0 spiro atoms. The van der Waals surface area contributed by atoms with Gasteiger partial charge in [0.25, 0.3) is 5.91 Å². The van der Waals surface area contributed by atoms with Gasteiger partial charge >= 0.3 is 0 Å². The molecule has 0 aliphatic rings. The minimum atomic E-state index is -0.0901. The van der Waals surface area contributed by atoms with Crippen molar-refractivity contribution in [2.24, 2.45) is 7.05 Å². The molecule has 0 atom stereocenters. The molecular formula is C14H13N3OS. The summed E-state index contributed by atoms with van der Waals surface area (Å²) in [6, 6.07) is 7.59. The first-order valence-corrected chi connectivity index (χ1v) is 6.79. The smallest absolute Gasteiger partial charge is 0.257 e. The van der Waals surface area contributed by atoms with E-state index in [-0.39, 0.29) is 5.91 Å². The number of carbonyl (C=O) groups excluding carboxylic acids is 1. The van der Waals surface area contributed by atoms with E-state index >= 15 is 0 Å². The molecule has 19 heavy (non-hydrogen) atoms. The topological polar surface area (TPSA) is 46.9 Å². The minimum absolute atomic E-state index is 0.0901. The van der Waals surface area contributed by atoms with Gasteiger partial charge in [-0.05, 0) is 31.2 Å². The lowest BCUT2D eigenvalue weighted by molar-refractivity contribution is 0.102. The number of aryl methyl sites for hydroxylation is 1. The van der Waals surface area contributed by atoms with Gasteiger partial charge in [0.15, 0.2) is 0 Å². The van der Waals surface area contributed by atoms with Crippen LogP contribution in [0.25, 0.3) is 10.2 Å². The molecule has 0 fully saturated rings. The predicted molar refractivity (Wildman–Crippen MR) is 77.7 cm³/mol.